The summed E-state index contributed by atoms with van der Waals surface area (Å²) in [5.74, 6) is 0.223. The third-order valence-corrected chi connectivity index (χ3v) is 3.11. The van der Waals surface area contributed by atoms with Crippen molar-refractivity contribution in [1.29, 1.82) is 0 Å². The quantitative estimate of drug-likeness (QED) is 0.796. The molecule has 0 spiro atoms. The molecule has 1 fully saturated rings. The topological polar surface area (TPSA) is 63.4 Å². The van der Waals surface area contributed by atoms with Crippen molar-refractivity contribution in [2.24, 2.45) is 11.7 Å². The van der Waals surface area contributed by atoms with Crippen LogP contribution in [0.2, 0.25) is 0 Å². The zero-order valence-corrected chi connectivity index (χ0v) is 9.85. The van der Waals surface area contributed by atoms with E-state index < -0.39 is 0 Å². The van der Waals surface area contributed by atoms with Gasteiger partial charge >= 0.3 is 0 Å². The minimum Gasteiger partial charge on any atom is -0.330 e. The number of para-hydroxylation sites is 1. The zero-order valence-electron chi connectivity index (χ0n) is 9.85. The SMILES string of the molecule is CC(=O)c1ccccc1N1CC(CN)CC1=O. The van der Waals surface area contributed by atoms with Gasteiger partial charge in [0.05, 0.1) is 5.69 Å². The third-order valence-electron chi connectivity index (χ3n) is 3.11. The van der Waals surface area contributed by atoms with E-state index in [4.69, 9.17) is 5.73 Å². The van der Waals surface area contributed by atoms with Crippen LogP contribution < -0.4 is 10.6 Å². The molecule has 17 heavy (non-hydrogen) atoms. The molecule has 0 aliphatic carbocycles. The molecule has 0 saturated carbocycles. The van der Waals surface area contributed by atoms with Crippen LogP contribution in [0, 0.1) is 5.92 Å². The van der Waals surface area contributed by atoms with Crippen LogP contribution in [0.15, 0.2) is 24.3 Å². The lowest BCUT2D eigenvalue weighted by Gasteiger charge is -2.19. The van der Waals surface area contributed by atoms with Gasteiger partial charge in [-0.15, -0.1) is 0 Å². The summed E-state index contributed by atoms with van der Waals surface area (Å²) in [6.45, 7) is 2.63. The summed E-state index contributed by atoms with van der Waals surface area (Å²) in [6, 6.07) is 7.21. The maximum Gasteiger partial charge on any atom is 0.227 e. The predicted molar refractivity (Wildman–Crippen MR) is 66.0 cm³/mol. The molecule has 1 aromatic rings. The van der Waals surface area contributed by atoms with Gasteiger partial charge in [0.2, 0.25) is 5.91 Å². The van der Waals surface area contributed by atoms with Crippen molar-refractivity contribution < 1.29 is 9.59 Å². The summed E-state index contributed by atoms with van der Waals surface area (Å²) in [4.78, 5) is 25.1. The molecule has 90 valence electrons. The largest absolute Gasteiger partial charge is 0.330 e. The first-order valence-electron chi connectivity index (χ1n) is 5.74. The van der Waals surface area contributed by atoms with Gasteiger partial charge in [0.1, 0.15) is 0 Å². The van der Waals surface area contributed by atoms with Crippen LogP contribution in [0.5, 0.6) is 0 Å². The average molecular weight is 232 g/mol. The summed E-state index contributed by atoms with van der Waals surface area (Å²) in [6.07, 6.45) is 0.475. The second-order valence-corrected chi connectivity index (χ2v) is 4.38. The molecular formula is C13H16N2O2. The Bertz CT molecular complexity index is 456. The van der Waals surface area contributed by atoms with E-state index in [1.807, 2.05) is 12.1 Å². The van der Waals surface area contributed by atoms with Crippen LogP contribution >= 0.6 is 0 Å². The molecular weight excluding hydrogens is 216 g/mol. The Hall–Kier alpha value is -1.68. The van der Waals surface area contributed by atoms with Gasteiger partial charge in [-0.2, -0.15) is 0 Å². The Morgan fingerprint density at radius 1 is 1.47 bits per heavy atom. The van der Waals surface area contributed by atoms with Gasteiger partial charge < -0.3 is 10.6 Å². The number of Topliss-reactive ketones (excluding diaryl/α,β-unsaturated/α-hetero) is 1. The van der Waals surface area contributed by atoms with Crippen LogP contribution in [0.3, 0.4) is 0 Å². The molecule has 2 N–H and O–H groups in total. The van der Waals surface area contributed by atoms with Crippen LogP contribution in [0.1, 0.15) is 23.7 Å². The molecule has 1 unspecified atom stereocenters. The van der Waals surface area contributed by atoms with Gasteiger partial charge in [0.15, 0.2) is 5.78 Å². The summed E-state index contributed by atoms with van der Waals surface area (Å²) < 4.78 is 0. The number of carbonyl (C=O) groups is 2. The molecule has 1 saturated heterocycles. The number of nitrogens with zero attached hydrogens (tertiary/aromatic N) is 1. The van der Waals surface area contributed by atoms with Crippen LogP contribution in [0.25, 0.3) is 0 Å². The summed E-state index contributed by atoms with van der Waals surface area (Å²) in [7, 11) is 0. The maximum absolute atomic E-state index is 11.9. The number of carbonyl (C=O) groups excluding carboxylic acids is 2. The molecule has 0 radical (unpaired) electrons. The lowest BCUT2D eigenvalue weighted by Crippen LogP contribution is -2.27. The third kappa shape index (κ3) is 2.22. The molecule has 1 atom stereocenters. The van der Waals surface area contributed by atoms with Gasteiger partial charge in [-0.05, 0) is 31.5 Å². The molecule has 1 aliphatic rings. The summed E-state index contributed by atoms with van der Waals surface area (Å²) in [5, 5.41) is 0. The number of amides is 1. The maximum atomic E-state index is 11.9. The molecule has 1 aromatic carbocycles. The van der Waals surface area contributed by atoms with E-state index in [0.717, 1.165) is 0 Å². The van der Waals surface area contributed by atoms with E-state index in [0.29, 0.717) is 30.8 Å². The number of rotatable bonds is 3. The highest BCUT2D eigenvalue weighted by Crippen LogP contribution is 2.27. The molecule has 1 amide bonds. The summed E-state index contributed by atoms with van der Waals surface area (Å²) >= 11 is 0. The van der Waals surface area contributed by atoms with Crippen molar-refractivity contribution in [3.05, 3.63) is 29.8 Å². The van der Waals surface area contributed by atoms with Gasteiger partial charge in [-0.25, -0.2) is 0 Å². The Morgan fingerprint density at radius 3 is 2.76 bits per heavy atom. The highest BCUT2D eigenvalue weighted by Gasteiger charge is 2.31. The monoisotopic (exact) mass is 232 g/mol. The minimum atomic E-state index is -0.0235. The molecule has 1 aliphatic heterocycles. The van der Waals surface area contributed by atoms with Crippen molar-refractivity contribution in [3.8, 4) is 0 Å². The van der Waals surface area contributed by atoms with Crippen LogP contribution in [0.4, 0.5) is 5.69 Å². The Labute approximate surface area is 100 Å². The van der Waals surface area contributed by atoms with E-state index in [-0.39, 0.29) is 17.6 Å². The number of hydrogen-bond donors (Lipinski definition) is 1. The number of ketones is 1. The second kappa shape index (κ2) is 4.67. The molecule has 0 aromatic heterocycles. The van der Waals surface area contributed by atoms with Crippen molar-refractivity contribution >= 4 is 17.4 Å². The van der Waals surface area contributed by atoms with E-state index in [1.165, 1.54) is 6.92 Å². The van der Waals surface area contributed by atoms with Gasteiger partial charge in [-0.1, -0.05) is 12.1 Å². The van der Waals surface area contributed by atoms with Crippen LogP contribution in [-0.4, -0.2) is 24.8 Å². The highest BCUT2D eigenvalue weighted by atomic mass is 16.2. The smallest absolute Gasteiger partial charge is 0.227 e. The normalized spacial score (nSPS) is 19.8. The Balaban J connectivity index is 2.35. The van der Waals surface area contributed by atoms with E-state index in [9.17, 15) is 9.59 Å². The first-order valence-corrected chi connectivity index (χ1v) is 5.74. The van der Waals surface area contributed by atoms with Crippen LogP contribution in [-0.2, 0) is 4.79 Å². The molecule has 4 heteroatoms. The lowest BCUT2D eigenvalue weighted by molar-refractivity contribution is -0.117. The highest BCUT2D eigenvalue weighted by molar-refractivity contribution is 6.05. The second-order valence-electron chi connectivity index (χ2n) is 4.38. The average Bonchev–Trinajstić information content (AvgIpc) is 2.70. The fourth-order valence-electron chi connectivity index (χ4n) is 2.18. The van der Waals surface area contributed by atoms with Crippen molar-refractivity contribution in [2.45, 2.75) is 13.3 Å². The molecule has 0 bridgehead atoms. The van der Waals surface area contributed by atoms with Gasteiger partial charge in [0.25, 0.3) is 0 Å². The van der Waals surface area contributed by atoms with Crippen molar-refractivity contribution in [3.63, 3.8) is 0 Å². The first kappa shape index (κ1) is 11.8. The number of nitrogens with two attached hydrogens (primary N) is 1. The summed E-state index contributed by atoms with van der Waals surface area (Å²) in [5.41, 5.74) is 6.89. The number of anilines is 1. The number of hydrogen-bond acceptors (Lipinski definition) is 3. The lowest BCUT2D eigenvalue weighted by atomic mass is 10.1. The van der Waals surface area contributed by atoms with Crippen molar-refractivity contribution in [1.82, 2.24) is 0 Å². The minimum absolute atomic E-state index is 0.0235. The van der Waals surface area contributed by atoms with Crippen molar-refractivity contribution in [2.75, 3.05) is 18.0 Å². The van der Waals surface area contributed by atoms with E-state index in [2.05, 4.69) is 0 Å². The molecule has 2 rings (SSSR count). The zero-order chi connectivity index (χ0) is 12.4. The first-order chi connectivity index (χ1) is 8.13. The fourth-order valence-corrected chi connectivity index (χ4v) is 2.18. The Morgan fingerprint density at radius 2 is 2.18 bits per heavy atom. The van der Waals surface area contributed by atoms with Gasteiger partial charge in [-0.3, -0.25) is 9.59 Å². The Kier molecular flexibility index (Phi) is 3.24. The van der Waals surface area contributed by atoms with Gasteiger partial charge in [0, 0.05) is 18.5 Å². The standard InChI is InChI=1S/C13H16N2O2/c1-9(16)11-4-2-3-5-12(11)15-8-10(7-14)6-13(15)17/h2-5,10H,6-8,14H2,1H3. The van der Waals surface area contributed by atoms with E-state index in [1.54, 1.807) is 17.0 Å². The predicted octanol–water partition coefficient (Wildman–Crippen LogP) is 1.20. The van der Waals surface area contributed by atoms with E-state index >= 15 is 0 Å². The number of benzene rings is 1. The fraction of sp³-hybridized carbons (Fsp3) is 0.385. The molecule has 1 heterocycles. The molecule has 4 nitrogen and oxygen atoms in total.